The number of nitrogens with two attached hydrogens (primary N) is 1. The largest absolute Gasteiger partial charge is 0.387 e. The molecule has 3 heterocycles. The summed E-state index contributed by atoms with van der Waals surface area (Å²) in [5.41, 5.74) is 6.72. The number of anilines is 1. The second-order valence-electron chi connectivity index (χ2n) is 6.90. The monoisotopic (exact) mass is 402 g/mol. The summed E-state index contributed by atoms with van der Waals surface area (Å²) in [5.74, 6) is 6.35. The topological polar surface area (TPSA) is 140 Å². The lowest BCUT2D eigenvalue weighted by molar-refractivity contribution is -0.121. The molecule has 4 N–H and O–H groups in total. The van der Waals surface area contributed by atoms with Crippen LogP contribution in [0.4, 0.5) is 5.82 Å². The Balaban J connectivity index is 1.89. The fourth-order valence-corrected chi connectivity index (χ4v) is 3.17. The van der Waals surface area contributed by atoms with Gasteiger partial charge in [0, 0.05) is 19.5 Å². The summed E-state index contributed by atoms with van der Waals surface area (Å²) in [6.45, 7) is 4.53. The number of carbonyl (C=O) groups excluding carboxylic acids is 1. The van der Waals surface area contributed by atoms with E-state index in [4.69, 9.17) is 10.5 Å². The molecule has 0 spiro atoms. The number of unbranched alkanes of at least 4 members (excludes halogenated alkanes) is 2. The van der Waals surface area contributed by atoms with E-state index in [0.29, 0.717) is 24.1 Å². The zero-order chi connectivity index (χ0) is 21.0. The van der Waals surface area contributed by atoms with Crippen LogP contribution in [0.25, 0.3) is 11.2 Å². The first-order chi connectivity index (χ1) is 14.0. The highest BCUT2D eigenvalue weighted by atomic mass is 16.6. The number of amides is 1. The Hall–Kier alpha value is -2.74. The Morgan fingerprint density at radius 3 is 2.83 bits per heavy atom. The van der Waals surface area contributed by atoms with E-state index in [1.54, 1.807) is 0 Å². The van der Waals surface area contributed by atoms with Gasteiger partial charge in [0.2, 0.25) is 12.2 Å². The Labute approximate surface area is 168 Å². The van der Waals surface area contributed by atoms with Crippen LogP contribution in [-0.2, 0) is 9.53 Å². The van der Waals surface area contributed by atoms with Gasteiger partial charge < -0.3 is 25.6 Å². The summed E-state index contributed by atoms with van der Waals surface area (Å²) in [4.78, 5) is 25.3. The zero-order valence-corrected chi connectivity index (χ0v) is 16.5. The van der Waals surface area contributed by atoms with Gasteiger partial charge in [-0.2, -0.15) is 0 Å². The van der Waals surface area contributed by atoms with Crippen LogP contribution in [0.2, 0.25) is 0 Å². The molecule has 156 valence electrons. The summed E-state index contributed by atoms with van der Waals surface area (Å²) >= 11 is 0. The van der Waals surface area contributed by atoms with E-state index >= 15 is 0 Å². The van der Waals surface area contributed by atoms with Crippen LogP contribution in [0, 0.1) is 11.8 Å². The molecular weight excluding hydrogens is 376 g/mol. The van der Waals surface area contributed by atoms with Crippen LogP contribution in [0.1, 0.15) is 45.2 Å². The number of fused-ring (bicyclic) bond motifs is 1. The second-order valence-corrected chi connectivity index (χ2v) is 6.90. The van der Waals surface area contributed by atoms with Gasteiger partial charge in [0.1, 0.15) is 23.8 Å². The number of hydrogen-bond donors (Lipinski definition) is 3. The molecule has 10 heteroatoms. The number of imidazole rings is 1. The lowest BCUT2D eigenvalue weighted by Crippen LogP contribution is -2.39. The van der Waals surface area contributed by atoms with Gasteiger partial charge in [-0.25, -0.2) is 15.0 Å². The minimum atomic E-state index is -1.22. The smallest absolute Gasteiger partial charge is 0.209 e. The average molecular weight is 402 g/mol. The highest BCUT2D eigenvalue weighted by molar-refractivity contribution is 5.82. The van der Waals surface area contributed by atoms with Crippen LogP contribution in [0.3, 0.4) is 0 Å². The molecule has 10 nitrogen and oxygen atoms in total. The predicted octanol–water partition coefficient (Wildman–Crippen LogP) is 0.0477. The van der Waals surface area contributed by atoms with Crippen LogP contribution in [-0.4, -0.2) is 72.4 Å². The van der Waals surface area contributed by atoms with E-state index in [-0.39, 0.29) is 18.2 Å². The molecule has 0 saturated carbocycles. The number of aliphatic hydroxyl groups excluding tert-OH is 2. The molecule has 0 aromatic carbocycles. The number of rotatable bonds is 7. The molecule has 1 saturated heterocycles. The molecule has 4 atom stereocenters. The summed E-state index contributed by atoms with van der Waals surface area (Å²) < 4.78 is 7.36. The van der Waals surface area contributed by atoms with Crippen LogP contribution < -0.4 is 5.73 Å². The zero-order valence-electron chi connectivity index (χ0n) is 16.5. The van der Waals surface area contributed by atoms with Gasteiger partial charge in [0.25, 0.3) is 0 Å². The van der Waals surface area contributed by atoms with Crippen molar-refractivity contribution in [2.24, 2.45) is 0 Å². The maximum atomic E-state index is 11.1. The lowest BCUT2D eigenvalue weighted by atomic mass is 10.1. The molecule has 1 amide bonds. The van der Waals surface area contributed by atoms with Crippen LogP contribution in [0.15, 0.2) is 6.33 Å². The minimum Gasteiger partial charge on any atom is -0.387 e. The molecular formula is C19H26N6O4. The number of hydrogen-bond acceptors (Lipinski definition) is 8. The fraction of sp³-hybridized carbons (Fsp3) is 0.579. The fourth-order valence-electron chi connectivity index (χ4n) is 3.17. The van der Waals surface area contributed by atoms with Crippen molar-refractivity contribution in [3.05, 3.63) is 12.2 Å². The normalized spacial score (nSPS) is 23.7. The van der Waals surface area contributed by atoms with E-state index in [1.807, 2.05) is 6.92 Å². The summed E-state index contributed by atoms with van der Waals surface area (Å²) in [6.07, 6.45) is 0.815. The van der Waals surface area contributed by atoms with Gasteiger partial charge in [0.05, 0.1) is 6.33 Å². The molecule has 2 aromatic heterocycles. The molecule has 1 aliphatic rings. The van der Waals surface area contributed by atoms with E-state index in [2.05, 4.69) is 33.7 Å². The SMILES string of the molecule is CCCCC#Cc1nc(N)c2ncn([C@@H]3O[C@H](CN(C=O)CC)[C@@H](O)[C@H]3O)c2n1. The van der Waals surface area contributed by atoms with Crippen molar-refractivity contribution in [2.45, 2.75) is 57.6 Å². The Bertz CT molecular complexity index is 921. The predicted molar refractivity (Wildman–Crippen MR) is 105 cm³/mol. The number of nitrogens with zero attached hydrogens (tertiary/aromatic N) is 5. The van der Waals surface area contributed by atoms with Crippen LogP contribution >= 0.6 is 0 Å². The third-order valence-corrected chi connectivity index (χ3v) is 4.88. The molecule has 1 aliphatic heterocycles. The Kier molecular flexibility index (Phi) is 6.64. The van der Waals surface area contributed by atoms with Crippen molar-refractivity contribution < 1.29 is 19.7 Å². The van der Waals surface area contributed by atoms with Crippen LogP contribution in [0.5, 0.6) is 0 Å². The molecule has 0 unspecified atom stereocenters. The first kappa shape index (κ1) is 21.0. The molecule has 0 radical (unpaired) electrons. The first-order valence-corrected chi connectivity index (χ1v) is 9.70. The molecule has 2 aromatic rings. The molecule has 3 rings (SSSR count). The standard InChI is InChI=1S/C19H26N6O4/c1-3-5-6-7-8-13-22-17(20)14-18(23-13)25(10-21-14)19-16(28)15(27)12(29-19)9-24(4-2)11-26/h10-12,15-16,19,27-28H,3-6,9H2,1-2H3,(H2,20,22,23)/t12-,15-,16-,19-/m1/s1. The number of aliphatic hydroxyl groups is 2. The van der Waals surface area contributed by atoms with E-state index < -0.39 is 24.5 Å². The van der Waals surface area contributed by atoms with Crippen molar-refractivity contribution >= 4 is 23.4 Å². The molecule has 0 aliphatic carbocycles. The Morgan fingerprint density at radius 2 is 2.14 bits per heavy atom. The molecule has 29 heavy (non-hydrogen) atoms. The number of likely N-dealkylation sites (N-methyl/N-ethyl adjacent to an activating group) is 1. The van der Waals surface area contributed by atoms with E-state index in [0.717, 1.165) is 19.3 Å². The number of carbonyl (C=O) groups is 1. The number of aromatic nitrogens is 4. The lowest BCUT2D eigenvalue weighted by Gasteiger charge is -2.21. The van der Waals surface area contributed by atoms with E-state index in [1.165, 1.54) is 15.8 Å². The number of ether oxygens (including phenoxy) is 1. The van der Waals surface area contributed by atoms with Crippen molar-refractivity contribution in [1.29, 1.82) is 0 Å². The summed E-state index contributed by atoms with van der Waals surface area (Å²) in [6, 6.07) is 0. The van der Waals surface area contributed by atoms with Gasteiger partial charge >= 0.3 is 0 Å². The van der Waals surface area contributed by atoms with Crippen molar-refractivity contribution in [2.75, 3.05) is 18.8 Å². The van der Waals surface area contributed by atoms with Crippen molar-refractivity contribution in [3.63, 3.8) is 0 Å². The number of nitrogen functional groups attached to an aromatic ring is 1. The second kappa shape index (κ2) is 9.17. The molecule has 1 fully saturated rings. The van der Waals surface area contributed by atoms with Gasteiger partial charge in [0.15, 0.2) is 17.7 Å². The first-order valence-electron chi connectivity index (χ1n) is 9.70. The highest BCUT2D eigenvalue weighted by Gasteiger charge is 2.44. The summed E-state index contributed by atoms with van der Waals surface area (Å²) in [5, 5.41) is 20.9. The van der Waals surface area contributed by atoms with Gasteiger partial charge in [-0.3, -0.25) is 9.36 Å². The van der Waals surface area contributed by atoms with Gasteiger partial charge in [-0.15, -0.1) is 0 Å². The maximum absolute atomic E-state index is 11.1. The third-order valence-electron chi connectivity index (χ3n) is 4.88. The van der Waals surface area contributed by atoms with Gasteiger partial charge in [-0.1, -0.05) is 19.3 Å². The maximum Gasteiger partial charge on any atom is 0.209 e. The molecule has 0 bridgehead atoms. The minimum absolute atomic E-state index is 0.159. The average Bonchev–Trinajstić information content (AvgIpc) is 3.25. The van der Waals surface area contributed by atoms with Gasteiger partial charge in [-0.05, 0) is 19.3 Å². The Morgan fingerprint density at radius 1 is 1.34 bits per heavy atom. The summed E-state index contributed by atoms with van der Waals surface area (Å²) in [7, 11) is 0. The quantitative estimate of drug-likeness (QED) is 0.335. The van der Waals surface area contributed by atoms with Crippen molar-refractivity contribution in [1.82, 2.24) is 24.4 Å². The van der Waals surface area contributed by atoms with Crippen molar-refractivity contribution in [3.8, 4) is 11.8 Å². The third kappa shape index (κ3) is 4.32. The van der Waals surface area contributed by atoms with E-state index in [9.17, 15) is 15.0 Å². The highest BCUT2D eigenvalue weighted by Crippen LogP contribution is 2.32.